The van der Waals surface area contributed by atoms with Crippen LogP contribution in [0.3, 0.4) is 0 Å². The molecule has 4 rings (SSSR count). The molecule has 134 valence electrons. The van der Waals surface area contributed by atoms with E-state index in [1.165, 1.54) is 12.1 Å². The average Bonchev–Trinajstić information content (AvgIpc) is 3.07. The fourth-order valence-electron chi connectivity index (χ4n) is 3.62. The number of nitrogens with zero attached hydrogens (tertiary/aromatic N) is 2. The van der Waals surface area contributed by atoms with Crippen molar-refractivity contribution in [2.24, 2.45) is 11.0 Å². The van der Waals surface area contributed by atoms with Gasteiger partial charge in [0, 0.05) is 12.0 Å². The van der Waals surface area contributed by atoms with Crippen LogP contribution in [0.25, 0.3) is 0 Å². The third kappa shape index (κ3) is 2.68. The van der Waals surface area contributed by atoms with E-state index in [-0.39, 0.29) is 29.5 Å². The van der Waals surface area contributed by atoms with Gasteiger partial charge in [0.1, 0.15) is 29.6 Å². The predicted molar refractivity (Wildman–Crippen MR) is 99.2 cm³/mol. The van der Waals surface area contributed by atoms with Crippen LogP contribution in [0.1, 0.15) is 31.7 Å². The van der Waals surface area contributed by atoms with E-state index in [1.54, 1.807) is 11.1 Å². The molecule has 2 aliphatic heterocycles. The summed E-state index contributed by atoms with van der Waals surface area (Å²) in [5.41, 5.74) is 2.14. The van der Waals surface area contributed by atoms with Crippen molar-refractivity contribution in [1.29, 1.82) is 0 Å². The van der Waals surface area contributed by atoms with Gasteiger partial charge < -0.3 is 4.74 Å². The molecule has 0 saturated heterocycles. The predicted octanol–water partition coefficient (Wildman–Crippen LogP) is 4.16. The van der Waals surface area contributed by atoms with E-state index in [0.29, 0.717) is 23.8 Å². The topological polar surface area (TPSA) is 41.9 Å². The monoisotopic (exact) mass is 352 g/mol. The Morgan fingerprint density at radius 1 is 1.31 bits per heavy atom. The van der Waals surface area contributed by atoms with Gasteiger partial charge in [-0.05, 0) is 24.1 Å². The number of hydrazone groups is 1. The molecule has 4 nitrogen and oxygen atoms in total. The number of hydrogen-bond acceptors (Lipinski definition) is 4. The Hall–Kier alpha value is -2.69. The maximum atomic E-state index is 13.8. The number of Topliss-reactive ketones (excluding diaryl/α,β-unsaturated/α-hetero) is 1. The number of ketones is 1. The highest BCUT2D eigenvalue weighted by atomic mass is 19.1. The summed E-state index contributed by atoms with van der Waals surface area (Å²) in [7, 11) is 0. The van der Waals surface area contributed by atoms with E-state index < -0.39 is 0 Å². The van der Waals surface area contributed by atoms with Gasteiger partial charge in [0.2, 0.25) is 0 Å². The van der Waals surface area contributed by atoms with Crippen molar-refractivity contribution in [3.63, 3.8) is 0 Å². The van der Waals surface area contributed by atoms with Crippen LogP contribution >= 0.6 is 0 Å². The number of rotatable bonds is 4. The minimum Gasteiger partial charge on any atom is -0.489 e. The molecule has 0 fully saturated rings. The summed E-state index contributed by atoms with van der Waals surface area (Å²) >= 11 is 0. The Kier molecular flexibility index (Phi) is 4.23. The first kappa shape index (κ1) is 16.8. The molecule has 0 bridgehead atoms. The van der Waals surface area contributed by atoms with Gasteiger partial charge >= 0.3 is 0 Å². The molecule has 2 aliphatic rings. The van der Waals surface area contributed by atoms with Crippen molar-refractivity contribution in [3.05, 3.63) is 59.9 Å². The normalized spacial score (nSPS) is 22.1. The molecule has 2 aromatic carbocycles. The lowest BCUT2D eigenvalue weighted by Crippen LogP contribution is -2.41. The molecule has 26 heavy (non-hydrogen) atoms. The van der Waals surface area contributed by atoms with Crippen molar-refractivity contribution >= 4 is 17.2 Å². The van der Waals surface area contributed by atoms with Gasteiger partial charge in [-0.15, -0.1) is 0 Å². The minimum absolute atomic E-state index is 0.0497. The van der Waals surface area contributed by atoms with E-state index in [0.717, 1.165) is 12.0 Å². The number of carbonyl (C=O) groups excluding carboxylic acids is 1. The Balaban J connectivity index is 1.82. The summed E-state index contributed by atoms with van der Waals surface area (Å²) < 4.78 is 19.7. The van der Waals surface area contributed by atoms with Crippen LogP contribution in [-0.4, -0.2) is 24.1 Å². The fraction of sp³-hybridized carbons (Fsp3) is 0.333. The standard InChI is InChI=1S/C21H21FN2O2/c1-3-13(2)21(25)20-19(14-7-5-4-6-8-14)17-12-26-18-10-9-15(22)11-16(18)24(17)23-20/h4-11,13,17,19H,3,12H2,1-2H3/t13-,17+,19-/m1/s1. The van der Waals surface area contributed by atoms with Gasteiger partial charge in [0.15, 0.2) is 5.78 Å². The van der Waals surface area contributed by atoms with Crippen molar-refractivity contribution in [2.75, 3.05) is 11.6 Å². The Morgan fingerprint density at radius 2 is 2.08 bits per heavy atom. The Morgan fingerprint density at radius 3 is 2.81 bits per heavy atom. The van der Waals surface area contributed by atoms with Gasteiger partial charge in [0.05, 0.1) is 12.0 Å². The number of fused-ring (bicyclic) bond motifs is 3. The van der Waals surface area contributed by atoms with Crippen LogP contribution in [0, 0.1) is 11.7 Å². The van der Waals surface area contributed by atoms with Crippen LogP contribution < -0.4 is 9.75 Å². The van der Waals surface area contributed by atoms with Crippen LogP contribution in [-0.2, 0) is 4.79 Å². The lowest BCUT2D eigenvalue weighted by molar-refractivity contribution is -0.116. The first-order valence-electron chi connectivity index (χ1n) is 8.99. The SMILES string of the molecule is CC[C@@H](C)C(=O)C1=NN2c3cc(F)ccc3OC[C@H]2[C@H]1c1ccccc1. The van der Waals surface area contributed by atoms with Gasteiger partial charge in [-0.3, -0.25) is 9.80 Å². The smallest absolute Gasteiger partial charge is 0.182 e. The molecule has 0 aromatic heterocycles. The summed E-state index contributed by atoms with van der Waals surface area (Å²) in [5, 5.41) is 6.45. The molecule has 0 spiro atoms. The fourth-order valence-corrected chi connectivity index (χ4v) is 3.62. The van der Waals surface area contributed by atoms with Crippen LogP contribution in [0.4, 0.5) is 10.1 Å². The lowest BCUT2D eigenvalue weighted by atomic mass is 9.83. The molecule has 0 saturated carbocycles. The van der Waals surface area contributed by atoms with Crippen molar-refractivity contribution in [3.8, 4) is 5.75 Å². The number of benzene rings is 2. The largest absolute Gasteiger partial charge is 0.489 e. The van der Waals surface area contributed by atoms with Crippen molar-refractivity contribution < 1.29 is 13.9 Å². The minimum atomic E-state index is -0.346. The first-order chi connectivity index (χ1) is 12.6. The van der Waals surface area contributed by atoms with E-state index >= 15 is 0 Å². The Labute approximate surface area is 152 Å². The van der Waals surface area contributed by atoms with Gasteiger partial charge in [-0.25, -0.2) is 4.39 Å². The molecule has 3 atom stereocenters. The van der Waals surface area contributed by atoms with E-state index in [2.05, 4.69) is 5.10 Å². The number of ether oxygens (including phenoxy) is 1. The highest BCUT2D eigenvalue weighted by molar-refractivity contribution is 6.43. The number of carbonyl (C=O) groups is 1. The quantitative estimate of drug-likeness (QED) is 0.830. The highest BCUT2D eigenvalue weighted by Gasteiger charge is 2.45. The maximum Gasteiger partial charge on any atom is 0.182 e. The summed E-state index contributed by atoms with van der Waals surface area (Å²) in [5.74, 6) is 0.00801. The highest BCUT2D eigenvalue weighted by Crippen LogP contribution is 2.43. The zero-order valence-electron chi connectivity index (χ0n) is 14.9. The zero-order valence-corrected chi connectivity index (χ0v) is 14.9. The summed E-state index contributed by atoms with van der Waals surface area (Å²) in [4.78, 5) is 13.0. The second-order valence-corrected chi connectivity index (χ2v) is 6.88. The first-order valence-corrected chi connectivity index (χ1v) is 8.99. The van der Waals surface area contributed by atoms with Gasteiger partial charge in [-0.2, -0.15) is 5.10 Å². The molecule has 0 aliphatic carbocycles. The molecule has 0 amide bonds. The lowest BCUT2D eigenvalue weighted by Gasteiger charge is -2.33. The molecule has 0 radical (unpaired) electrons. The van der Waals surface area contributed by atoms with E-state index in [9.17, 15) is 9.18 Å². The van der Waals surface area contributed by atoms with Gasteiger partial charge in [0.25, 0.3) is 0 Å². The maximum absolute atomic E-state index is 13.8. The third-order valence-corrected chi connectivity index (χ3v) is 5.26. The second kappa shape index (κ2) is 6.56. The zero-order chi connectivity index (χ0) is 18.3. The van der Waals surface area contributed by atoms with Crippen LogP contribution in [0.15, 0.2) is 53.6 Å². The van der Waals surface area contributed by atoms with Gasteiger partial charge in [-0.1, -0.05) is 44.2 Å². The summed E-state index contributed by atoms with van der Waals surface area (Å²) in [6.45, 7) is 4.32. The summed E-state index contributed by atoms with van der Waals surface area (Å²) in [6, 6.07) is 14.1. The molecule has 2 aromatic rings. The van der Waals surface area contributed by atoms with E-state index in [1.807, 2.05) is 44.2 Å². The molecule has 0 unspecified atom stereocenters. The number of anilines is 1. The number of hydrogen-bond donors (Lipinski definition) is 0. The van der Waals surface area contributed by atoms with Crippen LogP contribution in [0.2, 0.25) is 0 Å². The van der Waals surface area contributed by atoms with Crippen LogP contribution in [0.5, 0.6) is 5.75 Å². The molecule has 5 heteroatoms. The number of halogens is 1. The van der Waals surface area contributed by atoms with E-state index in [4.69, 9.17) is 4.74 Å². The Bertz CT molecular complexity index is 866. The second-order valence-electron chi connectivity index (χ2n) is 6.88. The molecular weight excluding hydrogens is 331 g/mol. The average molecular weight is 352 g/mol. The van der Waals surface area contributed by atoms with Crippen molar-refractivity contribution in [1.82, 2.24) is 0 Å². The summed E-state index contributed by atoms with van der Waals surface area (Å²) in [6.07, 6.45) is 0.756. The molecule has 0 N–H and O–H groups in total. The third-order valence-electron chi connectivity index (χ3n) is 5.26. The molecule has 2 heterocycles. The molecular formula is C21H21FN2O2. The van der Waals surface area contributed by atoms with Crippen molar-refractivity contribution in [2.45, 2.75) is 32.2 Å².